The summed E-state index contributed by atoms with van der Waals surface area (Å²) < 4.78 is 7.37. The molecule has 0 aliphatic carbocycles. The molecule has 3 heterocycles. The number of carbonyl (C=O) groups is 1. The number of fused-ring (bicyclic) bond motifs is 1. The molecule has 166 valence electrons. The van der Waals surface area contributed by atoms with Crippen molar-refractivity contribution in [3.63, 3.8) is 0 Å². The van der Waals surface area contributed by atoms with Gasteiger partial charge in [0, 0.05) is 25.2 Å². The fourth-order valence-corrected chi connectivity index (χ4v) is 3.43. The van der Waals surface area contributed by atoms with Crippen molar-refractivity contribution in [1.82, 2.24) is 24.5 Å². The molecule has 0 radical (unpaired) electrons. The number of hydrogen-bond acceptors (Lipinski definition) is 7. The summed E-state index contributed by atoms with van der Waals surface area (Å²) in [6.45, 7) is 15.3. The quantitative estimate of drug-likeness (QED) is 0.762. The van der Waals surface area contributed by atoms with Crippen LogP contribution in [0, 0.1) is 0 Å². The Kier molecular flexibility index (Phi) is 6.38. The van der Waals surface area contributed by atoms with Crippen LogP contribution < -0.4 is 10.6 Å². The van der Waals surface area contributed by atoms with Crippen LogP contribution in [0.5, 0.6) is 0 Å². The molecule has 1 aliphatic rings. The molecule has 0 spiro atoms. The standard InChI is InChI=1S/C21H35N7O2/c1-13(2)16-12-22-18-17(25-19(23-14(3)4)26-28(16)18)24-15-8-10-27(11-9-15)20(29)30-21(5,6)7/h12-15H,8-11H2,1-7H3,(H2,23,24,25,26). The summed E-state index contributed by atoms with van der Waals surface area (Å²) in [5, 5.41) is 11.5. The molecule has 0 saturated carbocycles. The van der Waals surface area contributed by atoms with Crippen molar-refractivity contribution >= 4 is 23.5 Å². The fraction of sp³-hybridized carbons (Fsp3) is 0.714. The SMILES string of the molecule is CC(C)Nc1nc(NC2CCN(C(=O)OC(C)(C)C)CC2)c2ncc(C(C)C)n2n1. The Morgan fingerprint density at radius 3 is 2.43 bits per heavy atom. The predicted molar refractivity (Wildman–Crippen MR) is 118 cm³/mol. The van der Waals surface area contributed by atoms with E-state index >= 15 is 0 Å². The number of ether oxygens (including phenoxy) is 1. The van der Waals surface area contributed by atoms with Gasteiger partial charge in [0.25, 0.3) is 0 Å². The average molecular weight is 418 g/mol. The Balaban J connectivity index is 1.75. The maximum absolute atomic E-state index is 12.3. The van der Waals surface area contributed by atoms with Crippen molar-refractivity contribution in [2.75, 3.05) is 23.7 Å². The van der Waals surface area contributed by atoms with Crippen LogP contribution in [0.1, 0.15) is 72.9 Å². The third-order valence-electron chi connectivity index (χ3n) is 4.89. The molecule has 9 nitrogen and oxygen atoms in total. The molecule has 0 atom stereocenters. The number of likely N-dealkylation sites (tertiary alicyclic amines) is 1. The van der Waals surface area contributed by atoms with Gasteiger partial charge in [0.1, 0.15) is 5.60 Å². The maximum atomic E-state index is 12.3. The monoisotopic (exact) mass is 417 g/mol. The van der Waals surface area contributed by atoms with Gasteiger partial charge in [0.2, 0.25) is 5.95 Å². The van der Waals surface area contributed by atoms with Crippen LogP contribution in [0.4, 0.5) is 16.6 Å². The first-order valence-electron chi connectivity index (χ1n) is 10.8. The lowest BCUT2D eigenvalue weighted by molar-refractivity contribution is 0.0210. The van der Waals surface area contributed by atoms with Crippen molar-refractivity contribution in [3.8, 4) is 0 Å². The molecular weight excluding hydrogens is 382 g/mol. The summed E-state index contributed by atoms with van der Waals surface area (Å²) in [7, 11) is 0. The Morgan fingerprint density at radius 1 is 1.20 bits per heavy atom. The molecule has 2 N–H and O–H groups in total. The minimum Gasteiger partial charge on any atom is -0.444 e. The number of carbonyl (C=O) groups excluding carboxylic acids is 1. The van der Waals surface area contributed by atoms with E-state index in [4.69, 9.17) is 4.74 Å². The highest BCUT2D eigenvalue weighted by Gasteiger charge is 2.27. The van der Waals surface area contributed by atoms with Gasteiger partial charge < -0.3 is 20.3 Å². The van der Waals surface area contributed by atoms with Gasteiger partial charge in [-0.2, -0.15) is 4.98 Å². The smallest absolute Gasteiger partial charge is 0.410 e. The number of nitrogens with one attached hydrogen (secondary N) is 2. The van der Waals surface area contributed by atoms with E-state index in [-0.39, 0.29) is 18.2 Å². The van der Waals surface area contributed by atoms with Crippen LogP contribution in [0.25, 0.3) is 5.65 Å². The third kappa shape index (κ3) is 5.31. The van der Waals surface area contributed by atoms with Crippen LogP contribution in [0.2, 0.25) is 0 Å². The highest BCUT2D eigenvalue weighted by atomic mass is 16.6. The van der Waals surface area contributed by atoms with Crippen molar-refractivity contribution in [1.29, 1.82) is 0 Å². The highest BCUT2D eigenvalue weighted by molar-refractivity contribution is 5.68. The number of imidazole rings is 1. The number of piperidine rings is 1. The zero-order valence-electron chi connectivity index (χ0n) is 19.2. The molecule has 9 heteroatoms. The number of rotatable bonds is 5. The van der Waals surface area contributed by atoms with Crippen LogP contribution >= 0.6 is 0 Å². The molecule has 0 aromatic carbocycles. The van der Waals surface area contributed by atoms with Crippen molar-refractivity contribution in [3.05, 3.63) is 11.9 Å². The second-order valence-corrected chi connectivity index (χ2v) is 9.54. The molecule has 2 aromatic heterocycles. The van der Waals surface area contributed by atoms with Crippen molar-refractivity contribution in [2.45, 2.75) is 84.9 Å². The number of nitrogens with zero attached hydrogens (tertiary/aromatic N) is 5. The van der Waals surface area contributed by atoms with E-state index in [2.05, 4.69) is 53.4 Å². The lowest BCUT2D eigenvalue weighted by atomic mass is 10.1. The largest absolute Gasteiger partial charge is 0.444 e. The van der Waals surface area contributed by atoms with E-state index in [1.807, 2.05) is 31.5 Å². The van der Waals surface area contributed by atoms with Crippen LogP contribution in [-0.4, -0.2) is 61.3 Å². The molecule has 30 heavy (non-hydrogen) atoms. The molecule has 3 rings (SSSR count). The molecular formula is C21H35N7O2. The molecule has 0 unspecified atom stereocenters. The molecule has 0 bridgehead atoms. The first kappa shape index (κ1) is 22.1. The fourth-order valence-electron chi connectivity index (χ4n) is 3.43. The summed E-state index contributed by atoms with van der Waals surface area (Å²) in [6.07, 6.45) is 3.26. The van der Waals surface area contributed by atoms with E-state index in [9.17, 15) is 4.79 Å². The summed E-state index contributed by atoms with van der Waals surface area (Å²) in [5.41, 5.74) is 1.29. The summed E-state index contributed by atoms with van der Waals surface area (Å²) >= 11 is 0. The van der Waals surface area contributed by atoms with Gasteiger partial charge in [-0.25, -0.2) is 14.3 Å². The number of amides is 1. The second-order valence-electron chi connectivity index (χ2n) is 9.54. The lowest BCUT2D eigenvalue weighted by Crippen LogP contribution is -2.44. The zero-order chi connectivity index (χ0) is 22.1. The molecule has 1 aliphatic heterocycles. The molecule has 1 fully saturated rings. The average Bonchev–Trinajstić information content (AvgIpc) is 3.04. The summed E-state index contributed by atoms with van der Waals surface area (Å²) in [5.74, 6) is 1.59. The maximum Gasteiger partial charge on any atom is 0.410 e. The third-order valence-corrected chi connectivity index (χ3v) is 4.89. The molecule has 1 saturated heterocycles. The molecule has 1 amide bonds. The van der Waals surface area contributed by atoms with Gasteiger partial charge in [-0.05, 0) is 53.4 Å². The first-order valence-corrected chi connectivity index (χ1v) is 10.8. The topological polar surface area (TPSA) is 96.7 Å². The number of hydrogen-bond donors (Lipinski definition) is 2. The van der Waals surface area contributed by atoms with Crippen molar-refractivity contribution in [2.24, 2.45) is 0 Å². The van der Waals surface area contributed by atoms with E-state index in [1.54, 1.807) is 4.90 Å². The Hall–Kier alpha value is -2.58. The number of anilines is 2. The van der Waals surface area contributed by atoms with E-state index < -0.39 is 5.60 Å². The summed E-state index contributed by atoms with van der Waals surface area (Å²) in [4.78, 5) is 23.3. The van der Waals surface area contributed by atoms with Crippen LogP contribution in [-0.2, 0) is 4.74 Å². The Labute approximate surface area is 178 Å². The van der Waals surface area contributed by atoms with Crippen LogP contribution in [0.15, 0.2) is 6.20 Å². The van der Waals surface area contributed by atoms with Crippen molar-refractivity contribution < 1.29 is 9.53 Å². The second kappa shape index (κ2) is 8.65. The lowest BCUT2D eigenvalue weighted by Gasteiger charge is -2.33. The number of aromatic nitrogens is 4. The first-order chi connectivity index (χ1) is 14.0. The summed E-state index contributed by atoms with van der Waals surface area (Å²) in [6, 6.07) is 0.423. The molecule has 2 aromatic rings. The highest BCUT2D eigenvalue weighted by Crippen LogP contribution is 2.24. The Morgan fingerprint density at radius 2 is 1.87 bits per heavy atom. The van der Waals surface area contributed by atoms with E-state index in [0.29, 0.717) is 25.0 Å². The van der Waals surface area contributed by atoms with Gasteiger partial charge in [-0.15, -0.1) is 5.10 Å². The Bertz CT molecular complexity index is 877. The van der Waals surface area contributed by atoms with Gasteiger partial charge in [0.05, 0.1) is 11.9 Å². The van der Waals surface area contributed by atoms with Gasteiger partial charge in [-0.1, -0.05) is 13.8 Å². The van der Waals surface area contributed by atoms with Gasteiger partial charge >= 0.3 is 6.09 Å². The van der Waals surface area contributed by atoms with Crippen LogP contribution in [0.3, 0.4) is 0 Å². The minimum atomic E-state index is -0.479. The van der Waals surface area contributed by atoms with E-state index in [1.165, 1.54) is 0 Å². The van der Waals surface area contributed by atoms with Gasteiger partial charge in [-0.3, -0.25) is 0 Å². The van der Waals surface area contributed by atoms with E-state index in [0.717, 1.165) is 30.0 Å². The normalized spacial score (nSPS) is 15.8. The predicted octanol–water partition coefficient (Wildman–Crippen LogP) is 3.88. The van der Waals surface area contributed by atoms with Gasteiger partial charge in [0.15, 0.2) is 11.5 Å². The zero-order valence-corrected chi connectivity index (χ0v) is 19.2. The minimum absolute atomic E-state index is 0.202.